The lowest BCUT2D eigenvalue weighted by atomic mass is 10.1. The summed E-state index contributed by atoms with van der Waals surface area (Å²) in [4.78, 5) is 16.1. The van der Waals surface area contributed by atoms with E-state index in [0.29, 0.717) is 5.82 Å². The summed E-state index contributed by atoms with van der Waals surface area (Å²) >= 11 is 0. The second-order valence-electron chi connectivity index (χ2n) is 4.14. The quantitative estimate of drug-likeness (QED) is 0.746. The van der Waals surface area contributed by atoms with Gasteiger partial charge in [-0.25, -0.2) is 9.67 Å². The minimum absolute atomic E-state index is 0.0632. The van der Waals surface area contributed by atoms with Crippen LogP contribution in [-0.4, -0.2) is 33.1 Å². The number of hydrogen-bond acceptors (Lipinski definition) is 4. The molecule has 5 heteroatoms. The molecule has 0 aromatic carbocycles. The van der Waals surface area contributed by atoms with Crippen molar-refractivity contribution in [3.63, 3.8) is 0 Å². The summed E-state index contributed by atoms with van der Waals surface area (Å²) in [6.07, 6.45) is 3.41. The Hall–Kier alpha value is -1.23. The van der Waals surface area contributed by atoms with Gasteiger partial charge >= 0.3 is 0 Å². The lowest BCUT2D eigenvalue weighted by Gasteiger charge is -2.11. The summed E-state index contributed by atoms with van der Waals surface area (Å²) < 4.78 is 1.68. The van der Waals surface area contributed by atoms with Crippen LogP contribution in [0.2, 0.25) is 0 Å². The van der Waals surface area contributed by atoms with Crippen molar-refractivity contribution < 1.29 is 4.79 Å². The third-order valence-corrected chi connectivity index (χ3v) is 2.66. The van der Waals surface area contributed by atoms with Crippen LogP contribution in [0.4, 0.5) is 0 Å². The van der Waals surface area contributed by atoms with Gasteiger partial charge in [0.25, 0.3) is 0 Å². The van der Waals surface area contributed by atoms with E-state index < -0.39 is 0 Å². The van der Waals surface area contributed by atoms with Crippen LogP contribution in [-0.2, 0) is 0 Å². The molecule has 1 aliphatic heterocycles. The van der Waals surface area contributed by atoms with Crippen LogP contribution in [0, 0.1) is 0 Å². The fourth-order valence-corrected chi connectivity index (χ4v) is 1.87. The molecule has 0 spiro atoms. The minimum atomic E-state index is -0.0632. The minimum Gasteiger partial charge on any atom is -0.307 e. The molecule has 1 aliphatic rings. The normalized spacial score (nSPS) is 21.1. The fourth-order valence-electron chi connectivity index (χ4n) is 1.87. The zero-order chi connectivity index (χ0) is 10.8. The molecule has 1 unspecified atom stereocenters. The molecule has 15 heavy (non-hydrogen) atoms. The molecule has 1 aromatic rings. The molecule has 2 heterocycles. The molecule has 1 aromatic heterocycles. The molecule has 1 saturated heterocycles. The van der Waals surface area contributed by atoms with Gasteiger partial charge in [-0.2, -0.15) is 5.10 Å². The number of Topliss-reactive ketones (excluding diaryl/α,β-unsaturated/α-hetero) is 1. The number of nitrogens with one attached hydrogen (secondary N) is 1. The molecule has 82 valence electrons. The Kier molecular flexibility index (Phi) is 2.81. The molecule has 1 atom stereocenters. The lowest BCUT2D eigenvalue weighted by molar-refractivity contribution is 0.0934. The molecule has 0 bridgehead atoms. The Labute approximate surface area is 88.9 Å². The third-order valence-electron chi connectivity index (χ3n) is 2.66. The second kappa shape index (κ2) is 4.10. The van der Waals surface area contributed by atoms with E-state index in [1.165, 1.54) is 6.33 Å². The molecule has 0 radical (unpaired) electrons. The van der Waals surface area contributed by atoms with E-state index in [-0.39, 0.29) is 17.9 Å². The van der Waals surface area contributed by atoms with Crippen LogP contribution in [0.15, 0.2) is 6.33 Å². The van der Waals surface area contributed by atoms with Gasteiger partial charge < -0.3 is 5.32 Å². The van der Waals surface area contributed by atoms with Crippen molar-refractivity contribution in [3.8, 4) is 0 Å². The van der Waals surface area contributed by atoms with Gasteiger partial charge in [0.2, 0.25) is 5.78 Å². The highest BCUT2D eigenvalue weighted by Gasteiger charge is 2.27. The number of nitrogens with zero attached hydrogens (tertiary/aromatic N) is 3. The van der Waals surface area contributed by atoms with E-state index in [1.807, 2.05) is 13.8 Å². The van der Waals surface area contributed by atoms with Crippen LogP contribution in [0.1, 0.15) is 43.3 Å². The first kappa shape index (κ1) is 10.3. The summed E-state index contributed by atoms with van der Waals surface area (Å²) in [6.45, 7) is 4.91. The molecular weight excluding hydrogens is 192 g/mol. The van der Waals surface area contributed by atoms with Gasteiger partial charge in [-0.1, -0.05) is 0 Å². The van der Waals surface area contributed by atoms with Gasteiger partial charge in [-0.3, -0.25) is 4.79 Å². The molecule has 1 N–H and O–H groups in total. The molecule has 0 amide bonds. The van der Waals surface area contributed by atoms with Crippen LogP contribution >= 0.6 is 0 Å². The Morgan fingerprint density at radius 3 is 3.07 bits per heavy atom. The highest BCUT2D eigenvalue weighted by Crippen LogP contribution is 2.13. The van der Waals surface area contributed by atoms with Gasteiger partial charge in [0.05, 0.1) is 6.04 Å². The smallest absolute Gasteiger partial charge is 0.216 e. The largest absolute Gasteiger partial charge is 0.307 e. The number of aromatic nitrogens is 3. The van der Waals surface area contributed by atoms with Gasteiger partial charge in [0.15, 0.2) is 5.82 Å². The number of rotatable bonds is 3. The van der Waals surface area contributed by atoms with Crippen molar-refractivity contribution in [2.75, 3.05) is 6.54 Å². The van der Waals surface area contributed by atoms with Crippen molar-refractivity contribution >= 4 is 5.78 Å². The topological polar surface area (TPSA) is 59.8 Å². The van der Waals surface area contributed by atoms with E-state index in [9.17, 15) is 4.79 Å². The Morgan fingerprint density at radius 2 is 2.47 bits per heavy atom. The Morgan fingerprint density at radius 1 is 1.67 bits per heavy atom. The highest BCUT2D eigenvalue weighted by atomic mass is 16.1. The predicted octanol–water partition coefficient (Wildman–Crippen LogP) is 0.794. The van der Waals surface area contributed by atoms with Gasteiger partial charge in [-0.15, -0.1) is 0 Å². The predicted molar refractivity (Wildman–Crippen MR) is 55.8 cm³/mol. The average molecular weight is 208 g/mol. The highest BCUT2D eigenvalue weighted by molar-refractivity contribution is 5.97. The Balaban J connectivity index is 2.20. The van der Waals surface area contributed by atoms with Crippen LogP contribution in [0.5, 0.6) is 0 Å². The number of ketones is 1. The van der Waals surface area contributed by atoms with Gasteiger partial charge in [0.1, 0.15) is 6.33 Å². The molecule has 1 fully saturated rings. The zero-order valence-electron chi connectivity index (χ0n) is 9.10. The summed E-state index contributed by atoms with van der Waals surface area (Å²) in [5.74, 6) is 0.545. The molecule has 5 nitrogen and oxygen atoms in total. The maximum atomic E-state index is 12.0. The maximum absolute atomic E-state index is 12.0. The SMILES string of the molecule is CC(C)n1ncnc1C(=O)C1CCCN1. The maximum Gasteiger partial charge on any atom is 0.216 e. The van der Waals surface area contributed by atoms with E-state index in [4.69, 9.17) is 0 Å². The monoisotopic (exact) mass is 208 g/mol. The van der Waals surface area contributed by atoms with Crippen LogP contribution < -0.4 is 5.32 Å². The molecule has 2 rings (SSSR count). The van der Waals surface area contributed by atoms with Gasteiger partial charge in [-0.05, 0) is 33.2 Å². The van der Waals surface area contributed by atoms with E-state index >= 15 is 0 Å². The number of hydrogen-bond donors (Lipinski definition) is 1. The second-order valence-corrected chi connectivity index (χ2v) is 4.14. The molecular formula is C10H16N4O. The van der Waals surface area contributed by atoms with E-state index in [0.717, 1.165) is 19.4 Å². The molecule has 0 aliphatic carbocycles. The molecule has 0 saturated carbocycles. The van der Waals surface area contributed by atoms with Crippen molar-refractivity contribution in [1.29, 1.82) is 0 Å². The van der Waals surface area contributed by atoms with Crippen LogP contribution in [0.25, 0.3) is 0 Å². The van der Waals surface area contributed by atoms with Crippen molar-refractivity contribution in [2.45, 2.75) is 38.8 Å². The zero-order valence-corrected chi connectivity index (χ0v) is 9.10. The summed E-state index contributed by atoms with van der Waals surface area (Å²) in [6, 6.07) is 0.111. The standard InChI is InChI=1S/C10H16N4O/c1-7(2)14-10(12-6-13-14)9(15)8-4-3-5-11-8/h6-8,11H,3-5H2,1-2H3. The first-order chi connectivity index (χ1) is 7.20. The fraction of sp³-hybridized carbons (Fsp3) is 0.700. The van der Waals surface area contributed by atoms with E-state index in [2.05, 4.69) is 15.4 Å². The van der Waals surface area contributed by atoms with Crippen molar-refractivity contribution in [2.24, 2.45) is 0 Å². The van der Waals surface area contributed by atoms with Crippen molar-refractivity contribution in [1.82, 2.24) is 20.1 Å². The lowest BCUT2D eigenvalue weighted by Crippen LogP contribution is -2.33. The summed E-state index contributed by atoms with van der Waals surface area (Å²) in [5, 5.41) is 7.25. The number of carbonyl (C=O) groups is 1. The van der Waals surface area contributed by atoms with Crippen molar-refractivity contribution in [3.05, 3.63) is 12.2 Å². The van der Waals surface area contributed by atoms with Crippen LogP contribution in [0.3, 0.4) is 0 Å². The number of carbonyl (C=O) groups excluding carboxylic acids is 1. The average Bonchev–Trinajstić information content (AvgIpc) is 2.88. The first-order valence-electron chi connectivity index (χ1n) is 5.37. The van der Waals surface area contributed by atoms with Gasteiger partial charge in [0, 0.05) is 6.04 Å². The third kappa shape index (κ3) is 1.92. The summed E-state index contributed by atoms with van der Waals surface area (Å²) in [5.41, 5.74) is 0. The Bertz CT molecular complexity index is 352. The summed E-state index contributed by atoms with van der Waals surface area (Å²) in [7, 11) is 0. The first-order valence-corrected chi connectivity index (χ1v) is 5.37. The van der Waals surface area contributed by atoms with E-state index in [1.54, 1.807) is 4.68 Å².